The van der Waals surface area contributed by atoms with Gasteiger partial charge in [0.05, 0.1) is 0 Å². The van der Waals surface area contributed by atoms with E-state index in [4.69, 9.17) is 5.11 Å². The topological polar surface area (TPSA) is 38.0 Å². The minimum atomic E-state index is -4.44. The zero-order valence-corrected chi connectivity index (χ0v) is 11.0. The summed E-state index contributed by atoms with van der Waals surface area (Å²) in [5.74, 6) is 0.301. The second-order valence-corrected chi connectivity index (χ2v) is 4.40. The number of aryl methyl sites for hydroxylation is 1. The highest BCUT2D eigenvalue weighted by molar-refractivity contribution is 5.56. The van der Waals surface area contributed by atoms with E-state index >= 15 is 0 Å². The summed E-state index contributed by atoms with van der Waals surface area (Å²) in [7, 11) is 0. The number of aromatic nitrogens is 2. The number of halogens is 3. The van der Waals surface area contributed by atoms with E-state index in [0.29, 0.717) is 24.4 Å². The van der Waals surface area contributed by atoms with Gasteiger partial charge in [0.25, 0.3) is 0 Å². The zero-order valence-electron chi connectivity index (χ0n) is 11.0. The number of aliphatic hydroxyl groups is 1. The summed E-state index contributed by atoms with van der Waals surface area (Å²) in [5, 5.41) is 8.84. The van der Waals surface area contributed by atoms with Gasteiger partial charge in [-0.05, 0) is 18.9 Å². The molecule has 0 saturated heterocycles. The van der Waals surface area contributed by atoms with Gasteiger partial charge in [0.2, 0.25) is 0 Å². The van der Waals surface area contributed by atoms with Crippen LogP contribution in [0.5, 0.6) is 0 Å². The van der Waals surface area contributed by atoms with E-state index in [1.165, 1.54) is 4.57 Å². The largest absolute Gasteiger partial charge is 0.434 e. The predicted octanol–water partition coefficient (Wildman–Crippen LogP) is 3.12. The van der Waals surface area contributed by atoms with Crippen molar-refractivity contribution >= 4 is 0 Å². The van der Waals surface area contributed by atoms with Crippen molar-refractivity contribution in [1.82, 2.24) is 9.55 Å². The Bertz CT molecular complexity index is 573. The number of hydrogen-bond acceptors (Lipinski definition) is 2. The van der Waals surface area contributed by atoms with E-state index in [2.05, 4.69) is 4.98 Å². The van der Waals surface area contributed by atoms with Gasteiger partial charge in [-0.2, -0.15) is 13.2 Å². The van der Waals surface area contributed by atoms with Crippen LogP contribution in [0.3, 0.4) is 0 Å². The third kappa shape index (κ3) is 3.01. The lowest BCUT2D eigenvalue weighted by atomic mass is 10.1. The minimum absolute atomic E-state index is 0.0428. The first kappa shape index (κ1) is 14.6. The van der Waals surface area contributed by atoms with Crippen LogP contribution >= 0.6 is 0 Å². The highest BCUT2D eigenvalue weighted by Crippen LogP contribution is 2.31. The zero-order chi connectivity index (χ0) is 14.8. The SMILES string of the molecule is CCn1cc(C(F)(F)F)nc1-c1ccc(CCO)cc1. The fourth-order valence-electron chi connectivity index (χ4n) is 1.97. The van der Waals surface area contributed by atoms with Crippen LogP contribution in [-0.2, 0) is 19.1 Å². The Kier molecular flexibility index (Phi) is 4.13. The Labute approximate surface area is 114 Å². The van der Waals surface area contributed by atoms with Crippen LogP contribution in [0, 0.1) is 0 Å². The monoisotopic (exact) mass is 284 g/mol. The maximum atomic E-state index is 12.7. The molecule has 0 fully saturated rings. The molecule has 6 heteroatoms. The molecular weight excluding hydrogens is 269 g/mol. The van der Waals surface area contributed by atoms with Crippen molar-refractivity contribution in [1.29, 1.82) is 0 Å². The van der Waals surface area contributed by atoms with Crippen LogP contribution in [-0.4, -0.2) is 21.3 Å². The lowest BCUT2D eigenvalue weighted by Gasteiger charge is -2.05. The molecule has 1 heterocycles. The second-order valence-electron chi connectivity index (χ2n) is 4.40. The average Bonchev–Trinajstić information content (AvgIpc) is 2.84. The van der Waals surface area contributed by atoms with Crippen LogP contribution in [0.4, 0.5) is 13.2 Å². The Balaban J connectivity index is 2.38. The van der Waals surface area contributed by atoms with Gasteiger partial charge in [-0.3, -0.25) is 0 Å². The van der Waals surface area contributed by atoms with Crippen LogP contribution in [0.15, 0.2) is 30.5 Å². The van der Waals surface area contributed by atoms with Gasteiger partial charge in [0.1, 0.15) is 5.82 Å². The lowest BCUT2D eigenvalue weighted by molar-refractivity contribution is -0.140. The molecule has 1 N–H and O–H groups in total. The van der Waals surface area contributed by atoms with Gasteiger partial charge >= 0.3 is 6.18 Å². The molecule has 0 bridgehead atoms. The van der Waals surface area contributed by atoms with E-state index in [-0.39, 0.29) is 6.61 Å². The second kappa shape index (κ2) is 5.66. The fourth-order valence-corrected chi connectivity index (χ4v) is 1.97. The molecule has 1 aromatic heterocycles. The highest BCUT2D eigenvalue weighted by atomic mass is 19.4. The highest BCUT2D eigenvalue weighted by Gasteiger charge is 2.34. The quantitative estimate of drug-likeness (QED) is 0.936. The summed E-state index contributed by atoms with van der Waals surface area (Å²) in [6, 6.07) is 7.01. The molecule has 2 rings (SSSR count). The molecule has 3 nitrogen and oxygen atoms in total. The molecule has 0 amide bonds. The van der Waals surface area contributed by atoms with Gasteiger partial charge in [0.15, 0.2) is 5.69 Å². The van der Waals surface area contributed by atoms with E-state index in [1.807, 2.05) is 0 Å². The molecular formula is C14H15F3N2O. The van der Waals surface area contributed by atoms with Crippen LogP contribution in [0.1, 0.15) is 18.2 Å². The molecule has 0 aliphatic heterocycles. The molecule has 1 aromatic carbocycles. The van der Waals surface area contributed by atoms with Crippen molar-refractivity contribution < 1.29 is 18.3 Å². The Hall–Kier alpha value is -1.82. The normalized spacial score (nSPS) is 11.8. The van der Waals surface area contributed by atoms with Gasteiger partial charge < -0.3 is 9.67 Å². The number of aliphatic hydroxyl groups excluding tert-OH is 1. The number of benzene rings is 1. The van der Waals surface area contributed by atoms with Crippen molar-refractivity contribution in [3.05, 3.63) is 41.7 Å². The molecule has 108 valence electrons. The Morgan fingerprint density at radius 1 is 1.20 bits per heavy atom. The van der Waals surface area contributed by atoms with E-state index in [1.54, 1.807) is 31.2 Å². The van der Waals surface area contributed by atoms with Crippen molar-refractivity contribution in [2.24, 2.45) is 0 Å². The van der Waals surface area contributed by atoms with Crippen molar-refractivity contribution in [2.75, 3.05) is 6.61 Å². The molecule has 0 radical (unpaired) electrons. The molecule has 20 heavy (non-hydrogen) atoms. The van der Waals surface area contributed by atoms with Gasteiger partial charge in [-0.1, -0.05) is 24.3 Å². The minimum Gasteiger partial charge on any atom is -0.396 e. The third-order valence-electron chi connectivity index (χ3n) is 3.02. The standard InChI is InChI=1S/C14H15F3N2O/c1-2-19-9-12(14(15,16)17)18-13(19)11-5-3-10(4-6-11)7-8-20/h3-6,9,20H,2,7-8H2,1H3. The molecule has 0 atom stereocenters. The first-order valence-electron chi connectivity index (χ1n) is 6.30. The number of alkyl halides is 3. The third-order valence-corrected chi connectivity index (χ3v) is 3.02. The van der Waals surface area contributed by atoms with E-state index < -0.39 is 11.9 Å². The average molecular weight is 284 g/mol. The summed E-state index contributed by atoms with van der Waals surface area (Å²) < 4.78 is 39.6. The summed E-state index contributed by atoms with van der Waals surface area (Å²) >= 11 is 0. The van der Waals surface area contributed by atoms with Crippen LogP contribution < -0.4 is 0 Å². The number of imidazole rings is 1. The molecule has 0 unspecified atom stereocenters. The molecule has 0 aliphatic carbocycles. The van der Waals surface area contributed by atoms with Crippen molar-refractivity contribution in [3.63, 3.8) is 0 Å². The van der Waals surface area contributed by atoms with Crippen LogP contribution in [0.25, 0.3) is 11.4 Å². The maximum Gasteiger partial charge on any atom is 0.434 e. The number of nitrogens with zero attached hydrogens (tertiary/aromatic N) is 2. The predicted molar refractivity (Wildman–Crippen MR) is 69.1 cm³/mol. The summed E-state index contributed by atoms with van der Waals surface area (Å²) in [6.45, 7) is 2.23. The number of hydrogen-bond donors (Lipinski definition) is 1. The van der Waals surface area contributed by atoms with Gasteiger partial charge in [-0.15, -0.1) is 0 Å². The Morgan fingerprint density at radius 2 is 1.85 bits per heavy atom. The maximum absolute atomic E-state index is 12.7. The molecule has 0 spiro atoms. The Morgan fingerprint density at radius 3 is 2.35 bits per heavy atom. The molecule has 2 aromatic rings. The van der Waals surface area contributed by atoms with Gasteiger partial charge in [0, 0.05) is 24.9 Å². The summed E-state index contributed by atoms with van der Waals surface area (Å²) in [6.07, 6.45) is -2.89. The van der Waals surface area contributed by atoms with Crippen LogP contribution in [0.2, 0.25) is 0 Å². The van der Waals surface area contributed by atoms with E-state index in [9.17, 15) is 13.2 Å². The number of rotatable bonds is 4. The summed E-state index contributed by atoms with van der Waals surface area (Å²) in [5.41, 5.74) is 0.680. The lowest BCUT2D eigenvalue weighted by Crippen LogP contribution is -2.05. The van der Waals surface area contributed by atoms with Gasteiger partial charge in [-0.25, -0.2) is 4.98 Å². The van der Waals surface area contributed by atoms with Crippen molar-refractivity contribution in [2.45, 2.75) is 26.1 Å². The summed E-state index contributed by atoms with van der Waals surface area (Å²) in [4.78, 5) is 3.69. The first-order chi connectivity index (χ1) is 9.45. The first-order valence-corrected chi connectivity index (χ1v) is 6.30. The molecule has 0 aliphatic rings. The van der Waals surface area contributed by atoms with Crippen molar-refractivity contribution in [3.8, 4) is 11.4 Å². The fraction of sp³-hybridized carbons (Fsp3) is 0.357. The molecule has 0 saturated carbocycles. The van der Waals surface area contributed by atoms with E-state index in [0.717, 1.165) is 11.8 Å². The smallest absolute Gasteiger partial charge is 0.396 e.